The largest absolute Gasteiger partial charge is 0.503 e. The molecule has 12 heavy (non-hydrogen) atoms. The number of hydrogen-bond donors (Lipinski definition) is 1. The molecule has 0 amide bonds. The summed E-state index contributed by atoms with van der Waals surface area (Å²) in [5.74, 6) is 0.296. The van der Waals surface area contributed by atoms with Crippen molar-refractivity contribution in [1.82, 2.24) is 4.98 Å². The molecule has 0 bridgehead atoms. The van der Waals surface area contributed by atoms with E-state index in [-0.39, 0.29) is 5.75 Å². The van der Waals surface area contributed by atoms with Gasteiger partial charge in [-0.25, -0.2) is 0 Å². The maximum Gasteiger partial charge on any atom is 0.182 e. The molecule has 1 heterocycles. The Bertz CT molecular complexity index is 245. The molecule has 4 heteroatoms. The van der Waals surface area contributed by atoms with Crippen molar-refractivity contribution in [3.05, 3.63) is 17.4 Å². The summed E-state index contributed by atoms with van der Waals surface area (Å²) < 4.78 is 5.19. The summed E-state index contributed by atoms with van der Waals surface area (Å²) in [6, 6.07) is 0. The standard InChI is InChI=1S/C8H10ClNO2/c1-2-3-12-8-6(9)4-10-5-7(8)11/h4-5,11H,2-3H2,1H3. The maximum atomic E-state index is 9.25. The van der Waals surface area contributed by atoms with E-state index in [1.54, 1.807) is 0 Å². The Balaban J connectivity index is 2.81. The first-order chi connectivity index (χ1) is 5.75. The van der Waals surface area contributed by atoms with E-state index in [0.29, 0.717) is 17.4 Å². The van der Waals surface area contributed by atoms with E-state index in [2.05, 4.69) is 4.98 Å². The summed E-state index contributed by atoms with van der Waals surface area (Å²) in [6.45, 7) is 2.52. The monoisotopic (exact) mass is 187 g/mol. The number of aromatic nitrogens is 1. The first kappa shape index (κ1) is 9.13. The fraction of sp³-hybridized carbons (Fsp3) is 0.375. The average Bonchev–Trinajstić information content (AvgIpc) is 2.04. The van der Waals surface area contributed by atoms with Crippen molar-refractivity contribution < 1.29 is 9.84 Å². The number of pyridine rings is 1. The zero-order valence-corrected chi connectivity index (χ0v) is 7.51. The van der Waals surface area contributed by atoms with Gasteiger partial charge < -0.3 is 9.84 Å². The molecule has 1 N–H and O–H groups in total. The van der Waals surface area contributed by atoms with Gasteiger partial charge >= 0.3 is 0 Å². The molecule has 0 radical (unpaired) electrons. The molecule has 0 unspecified atom stereocenters. The molecule has 1 aromatic rings. The van der Waals surface area contributed by atoms with E-state index in [9.17, 15) is 5.11 Å². The highest BCUT2D eigenvalue weighted by Gasteiger charge is 2.06. The molecule has 0 fully saturated rings. The van der Waals surface area contributed by atoms with Gasteiger partial charge in [0.25, 0.3) is 0 Å². The van der Waals surface area contributed by atoms with Crippen LogP contribution in [-0.2, 0) is 0 Å². The number of hydrogen-bond acceptors (Lipinski definition) is 3. The molecule has 66 valence electrons. The molecule has 0 saturated heterocycles. The van der Waals surface area contributed by atoms with Crippen molar-refractivity contribution in [2.45, 2.75) is 13.3 Å². The lowest BCUT2D eigenvalue weighted by Gasteiger charge is -2.06. The minimum Gasteiger partial charge on any atom is -0.503 e. The Morgan fingerprint density at radius 2 is 2.33 bits per heavy atom. The zero-order chi connectivity index (χ0) is 8.97. The SMILES string of the molecule is CCCOc1c(O)cncc1Cl. The Hall–Kier alpha value is -0.960. The molecule has 0 aliphatic rings. The van der Waals surface area contributed by atoms with Crippen LogP contribution in [-0.4, -0.2) is 16.7 Å². The highest BCUT2D eigenvalue weighted by Crippen LogP contribution is 2.32. The van der Waals surface area contributed by atoms with Crippen LogP contribution in [0.3, 0.4) is 0 Å². The van der Waals surface area contributed by atoms with Crippen molar-refractivity contribution in [3.8, 4) is 11.5 Å². The lowest BCUT2D eigenvalue weighted by molar-refractivity contribution is 0.299. The quantitative estimate of drug-likeness (QED) is 0.789. The lowest BCUT2D eigenvalue weighted by atomic mass is 10.4. The van der Waals surface area contributed by atoms with Gasteiger partial charge in [-0.15, -0.1) is 0 Å². The number of nitrogens with zero attached hydrogens (tertiary/aromatic N) is 1. The van der Waals surface area contributed by atoms with Crippen molar-refractivity contribution in [2.75, 3.05) is 6.61 Å². The van der Waals surface area contributed by atoms with Crippen molar-refractivity contribution in [2.24, 2.45) is 0 Å². The second-order valence-electron chi connectivity index (χ2n) is 2.32. The van der Waals surface area contributed by atoms with Gasteiger partial charge in [0.1, 0.15) is 5.02 Å². The Labute approximate surface area is 76.0 Å². The van der Waals surface area contributed by atoms with Gasteiger partial charge in [0, 0.05) is 6.20 Å². The van der Waals surface area contributed by atoms with Crippen molar-refractivity contribution >= 4 is 11.6 Å². The molecule has 0 saturated carbocycles. The van der Waals surface area contributed by atoms with Crippen LogP contribution < -0.4 is 4.74 Å². The van der Waals surface area contributed by atoms with Crippen LogP contribution in [0.4, 0.5) is 0 Å². The second kappa shape index (κ2) is 4.16. The summed E-state index contributed by atoms with van der Waals surface area (Å²) in [5, 5.41) is 9.58. The van der Waals surface area contributed by atoms with E-state index in [0.717, 1.165) is 6.42 Å². The molecule has 0 aliphatic carbocycles. The number of rotatable bonds is 3. The summed E-state index contributed by atoms with van der Waals surface area (Å²) in [4.78, 5) is 3.69. The van der Waals surface area contributed by atoms with Crippen LogP contribution in [0.25, 0.3) is 0 Å². The van der Waals surface area contributed by atoms with Crippen molar-refractivity contribution in [3.63, 3.8) is 0 Å². The fourth-order valence-corrected chi connectivity index (χ4v) is 0.968. The van der Waals surface area contributed by atoms with Crippen LogP contribution in [0.15, 0.2) is 12.4 Å². The van der Waals surface area contributed by atoms with Crippen LogP contribution >= 0.6 is 11.6 Å². The molecule has 0 aliphatic heterocycles. The Morgan fingerprint density at radius 1 is 1.58 bits per heavy atom. The minimum absolute atomic E-state index is 0.0176. The minimum atomic E-state index is -0.0176. The van der Waals surface area contributed by atoms with Crippen LogP contribution in [0.2, 0.25) is 5.02 Å². The maximum absolute atomic E-state index is 9.25. The van der Waals surface area contributed by atoms with Gasteiger partial charge in [-0.1, -0.05) is 18.5 Å². The predicted molar refractivity (Wildman–Crippen MR) is 46.7 cm³/mol. The molecule has 0 atom stereocenters. The highest BCUT2D eigenvalue weighted by atomic mass is 35.5. The van der Waals surface area contributed by atoms with Crippen LogP contribution in [0, 0.1) is 0 Å². The molecule has 1 rings (SSSR count). The van der Waals surface area contributed by atoms with Crippen LogP contribution in [0.5, 0.6) is 11.5 Å². The van der Waals surface area contributed by atoms with Crippen molar-refractivity contribution in [1.29, 1.82) is 0 Å². The van der Waals surface area contributed by atoms with Gasteiger partial charge in [0.2, 0.25) is 0 Å². The second-order valence-corrected chi connectivity index (χ2v) is 2.73. The number of halogens is 1. The average molecular weight is 188 g/mol. The molecular weight excluding hydrogens is 178 g/mol. The normalized spacial score (nSPS) is 9.83. The third kappa shape index (κ3) is 2.01. The Morgan fingerprint density at radius 3 is 2.92 bits per heavy atom. The molecular formula is C8H10ClNO2. The summed E-state index contributed by atoms with van der Waals surface area (Å²) >= 11 is 5.72. The van der Waals surface area contributed by atoms with E-state index < -0.39 is 0 Å². The smallest absolute Gasteiger partial charge is 0.182 e. The lowest BCUT2D eigenvalue weighted by Crippen LogP contribution is -1.96. The van der Waals surface area contributed by atoms with Gasteiger partial charge in [0.15, 0.2) is 11.5 Å². The summed E-state index contributed by atoms with van der Waals surface area (Å²) in [7, 11) is 0. The van der Waals surface area contributed by atoms with Gasteiger partial charge in [-0.2, -0.15) is 0 Å². The van der Waals surface area contributed by atoms with Gasteiger partial charge in [-0.05, 0) is 6.42 Å². The van der Waals surface area contributed by atoms with E-state index in [1.165, 1.54) is 12.4 Å². The zero-order valence-electron chi connectivity index (χ0n) is 6.75. The number of aromatic hydroxyl groups is 1. The van der Waals surface area contributed by atoms with E-state index >= 15 is 0 Å². The van der Waals surface area contributed by atoms with E-state index in [1.807, 2.05) is 6.92 Å². The summed E-state index contributed by atoms with van der Waals surface area (Å²) in [5.41, 5.74) is 0. The van der Waals surface area contributed by atoms with Gasteiger partial charge in [-0.3, -0.25) is 4.98 Å². The molecule has 0 spiro atoms. The Kier molecular flexibility index (Phi) is 3.17. The molecule has 0 aromatic carbocycles. The van der Waals surface area contributed by atoms with E-state index in [4.69, 9.17) is 16.3 Å². The third-order valence-electron chi connectivity index (χ3n) is 1.28. The van der Waals surface area contributed by atoms with Gasteiger partial charge in [0.05, 0.1) is 12.8 Å². The highest BCUT2D eigenvalue weighted by molar-refractivity contribution is 6.32. The summed E-state index contributed by atoms with van der Waals surface area (Å²) in [6.07, 6.45) is 3.61. The molecule has 1 aromatic heterocycles. The first-order valence-corrected chi connectivity index (χ1v) is 4.08. The topological polar surface area (TPSA) is 42.4 Å². The first-order valence-electron chi connectivity index (χ1n) is 3.71. The fourth-order valence-electron chi connectivity index (χ4n) is 0.760. The van der Waals surface area contributed by atoms with Crippen LogP contribution in [0.1, 0.15) is 13.3 Å². The molecule has 3 nitrogen and oxygen atoms in total. The third-order valence-corrected chi connectivity index (χ3v) is 1.55. The number of ether oxygens (including phenoxy) is 1. The predicted octanol–water partition coefficient (Wildman–Crippen LogP) is 2.23.